The number of non-ortho nitro benzene ring substituents is 1. The summed E-state index contributed by atoms with van der Waals surface area (Å²) in [7, 11) is 0. The number of halogens is 1. The molecular weight excluding hydrogens is 332 g/mol. The standard InChI is InChI=1S/C11H11BrN4O2S/c1-2-3-15-10(13-14-11(15)19)7-4-8(12)6-9(5-7)16(17)18/h4-6H,2-3H2,1H3,(H,14,19). The molecule has 1 aromatic heterocycles. The number of aromatic nitrogens is 3. The molecule has 1 heterocycles. The maximum absolute atomic E-state index is 10.9. The van der Waals surface area contributed by atoms with Crippen LogP contribution < -0.4 is 0 Å². The topological polar surface area (TPSA) is 76.8 Å². The first-order valence-corrected chi connectivity index (χ1v) is 6.83. The Hall–Kier alpha value is -1.54. The summed E-state index contributed by atoms with van der Waals surface area (Å²) >= 11 is 8.43. The molecular formula is C11H11BrN4O2S. The molecule has 0 atom stereocenters. The van der Waals surface area contributed by atoms with Crippen molar-refractivity contribution in [2.45, 2.75) is 19.9 Å². The molecule has 0 radical (unpaired) electrons. The number of nitrogens with one attached hydrogen (secondary N) is 1. The number of hydrogen-bond donors (Lipinski definition) is 1. The van der Waals surface area contributed by atoms with Gasteiger partial charge in [0.2, 0.25) is 0 Å². The summed E-state index contributed by atoms with van der Waals surface area (Å²) in [4.78, 5) is 10.5. The Morgan fingerprint density at radius 2 is 2.26 bits per heavy atom. The van der Waals surface area contributed by atoms with Crippen molar-refractivity contribution < 1.29 is 4.92 Å². The zero-order valence-corrected chi connectivity index (χ0v) is 12.5. The Labute approximate surface area is 122 Å². The third kappa shape index (κ3) is 2.90. The Bertz CT molecular complexity index is 680. The van der Waals surface area contributed by atoms with Crippen molar-refractivity contribution in [1.82, 2.24) is 14.8 Å². The lowest BCUT2D eigenvalue weighted by Crippen LogP contribution is -2.00. The highest BCUT2D eigenvalue weighted by Crippen LogP contribution is 2.27. The molecule has 0 unspecified atom stereocenters. The number of nitro groups is 1. The van der Waals surface area contributed by atoms with Crippen LogP contribution >= 0.6 is 28.1 Å². The molecule has 0 bridgehead atoms. The normalized spacial score (nSPS) is 10.6. The number of nitrogens with zero attached hydrogens (tertiary/aromatic N) is 3. The Kier molecular flexibility index (Phi) is 4.11. The van der Waals surface area contributed by atoms with Gasteiger partial charge >= 0.3 is 0 Å². The van der Waals surface area contributed by atoms with Crippen molar-refractivity contribution >= 4 is 33.8 Å². The number of nitro benzene ring substituents is 1. The summed E-state index contributed by atoms with van der Waals surface area (Å²) in [6.45, 7) is 2.74. The monoisotopic (exact) mass is 342 g/mol. The fourth-order valence-corrected chi connectivity index (χ4v) is 2.48. The highest BCUT2D eigenvalue weighted by molar-refractivity contribution is 9.10. The van der Waals surface area contributed by atoms with Crippen LogP contribution in [0.1, 0.15) is 13.3 Å². The Morgan fingerprint density at radius 1 is 1.53 bits per heavy atom. The second kappa shape index (κ2) is 5.62. The van der Waals surface area contributed by atoms with Crippen molar-refractivity contribution in [2.75, 3.05) is 0 Å². The van der Waals surface area contributed by atoms with E-state index in [2.05, 4.69) is 26.1 Å². The molecule has 2 rings (SSSR count). The molecule has 0 fully saturated rings. The molecule has 1 aromatic carbocycles. The van der Waals surface area contributed by atoms with Crippen molar-refractivity contribution in [2.24, 2.45) is 0 Å². The smallest absolute Gasteiger partial charge is 0.271 e. The van der Waals surface area contributed by atoms with Crippen molar-refractivity contribution in [3.05, 3.63) is 37.6 Å². The van der Waals surface area contributed by atoms with Gasteiger partial charge in [-0.3, -0.25) is 15.2 Å². The SMILES string of the molecule is CCCn1c(-c2cc(Br)cc([N+](=O)[O-])c2)n[nH]c1=S. The molecule has 6 nitrogen and oxygen atoms in total. The predicted molar refractivity (Wildman–Crippen MR) is 77.5 cm³/mol. The highest BCUT2D eigenvalue weighted by atomic mass is 79.9. The van der Waals surface area contributed by atoms with E-state index in [-0.39, 0.29) is 5.69 Å². The first kappa shape index (κ1) is 13.9. The average Bonchev–Trinajstić information content (AvgIpc) is 2.71. The van der Waals surface area contributed by atoms with Crippen molar-refractivity contribution in [1.29, 1.82) is 0 Å². The lowest BCUT2D eigenvalue weighted by Gasteiger charge is -2.05. The van der Waals surface area contributed by atoms with E-state index >= 15 is 0 Å². The van der Waals surface area contributed by atoms with E-state index in [9.17, 15) is 10.1 Å². The van der Waals surface area contributed by atoms with Gasteiger partial charge in [-0.25, -0.2) is 0 Å². The maximum atomic E-state index is 10.9. The third-order valence-electron chi connectivity index (χ3n) is 2.56. The van der Waals surface area contributed by atoms with E-state index in [0.717, 1.165) is 6.42 Å². The van der Waals surface area contributed by atoms with Crippen LogP contribution in [0.2, 0.25) is 0 Å². The summed E-state index contributed by atoms with van der Waals surface area (Å²) in [6.07, 6.45) is 0.900. The van der Waals surface area contributed by atoms with E-state index < -0.39 is 4.92 Å². The molecule has 1 N–H and O–H groups in total. The van der Waals surface area contributed by atoms with Crippen LogP contribution in [0.25, 0.3) is 11.4 Å². The highest BCUT2D eigenvalue weighted by Gasteiger charge is 2.14. The van der Waals surface area contributed by atoms with Crippen molar-refractivity contribution in [3.8, 4) is 11.4 Å². The molecule has 19 heavy (non-hydrogen) atoms. The zero-order valence-electron chi connectivity index (χ0n) is 10.1. The Balaban J connectivity index is 2.59. The molecule has 0 aliphatic rings. The zero-order chi connectivity index (χ0) is 14.0. The Morgan fingerprint density at radius 3 is 2.89 bits per heavy atom. The van der Waals surface area contributed by atoms with E-state index in [1.54, 1.807) is 6.07 Å². The van der Waals surface area contributed by atoms with E-state index in [1.807, 2.05) is 11.5 Å². The summed E-state index contributed by atoms with van der Waals surface area (Å²) < 4.78 is 2.98. The van der Waals surface area contributed by atoms with Gasteiger partial charge in [-0.05, 0) is 24.7 Å². The molecule has 0 aliphatic carbocycles. The summed E-state index contributed by atoms with van der Waals surface area (Å²) in [5.74, 6) is 0.608. The van der Waals surface area contributed by atoms with Crippen LogP contribution in [0, 0.1) is 14.9 Å². The quantitative estimate of drug-likeness (QED) is 0.522. The molecule has 0 saturated carbocycles. The minimum atomic E-state index is -0.431. The maximum Gasteiger partial charge on any atom is 0.271 e. The predicted octanol–water partition coefficient (Wildman–Crippen LogP) is 3.69. The van der Waals surface area contributed by atoms with Gasteiger partial charge in [-0.2, -0.15) is 5.10 Å². The molecule has 8 heteroatoms. The molecule has 0 saturated heterocycles. The van der Waals surface area contributed by atoms with Crippen LogP contribution in [0.5, 0.6) is 0 Å². The molecule has 0 amide bonds. The number of benzene rings is 1. The van der Waals surface area contributed by atoms with Gasteiger partial charge in [-0.15, -0.1) is 0 Å². The van der Waals surface area contributed by atoms with E-state index in [4.69, 9.17) is 12.2 Å². The molecule has 0 aliphatic heterocycles. The van der Waals surface area contributed by atoms with Crippen LogP contribution in [-0.4, -0.2) is 19.7 Å². The van der Waals surface area contributed by atoms with Crippen molar-refractivity contribution in [3.63, 3.8) is 0 Å². The molecule has 0 spiro atoms. The van der Waals surface area contributed by atoms with Crippen LogP contribution in [0.4, 0.5) is 5.69 Å². The van der Waals surface area contributed by atoms with Crippen LogP contribution in [0.3, 0.4) is 0 Å². The second-order valence-corrected chi connectivity index (χ2v) is 5.26. The van der Waals surface area contributed by atoms with Gasteiger partial charge in [0.05, 0.1) is 4.92 Å². The molecule has 100 valence electrons. The second-order valence-electron chi connectivity index (χ2n) is 3.96. The van der Waals surface area contributed by atoms with Crippen LogP contribution in [-0.2, 0) is 6.54 Å². The average molecular weight is 343 g/mol. The first-order valence-electron chi connectivity index (χ1n) is 5.63. The molecule has 2 aromatic rings. The summed E-state index contributed by atoms with van der Waals surface area (Å²) in [6, 6.07) is 4.72. The lowest BCUT2D eigenvalue weighted by molar-refractivity contribution is -0.384. The minimum absolute atomic E-state index is 0.0151. The number of hydrogen-bond acceptors (Lipinski definition) is 4. The minimum Gasteiger partial charge on any atom is -0.300 e. The summed E-state index contributed by atoms with van der Waals surface area (Å²) in [5.41, 5.74) is 0.670. The van der Waals surface area contributed by atoms with Gasteiger partial charge in [0.15, 0.2) is 10.6 Å². The van der Waals surface area contributed by atoms with Crippen LogP contribution in [0.15, 0.2) is 22.7 Å². The fourth-order valence-electron chi connectivity index (χ4n) is 1.78. The lowest BCUT2D eigenvalue weighted by atomic mass is 10.2. The van der Waals surface area contributed by atoms with Gasteiger partial charge < -0.3 is 4.57 Å². The van der Waals surface area contributed by atoms with Gasteiger partial charge in [0.1, 0.15) is 0 Å². The fraction of sp³-hybridized carbons (Fsp3) is 0.273. The first-order chi connectivity index (χ1) is 9.02. The van der Waals surface area contributed by atoms with E-state index in [0.29, 0.717) is 27.2 Å². The van der Waals surface area contributed by atoms with Gasteiger partial charge in [0.25, 0.3) is 5.69 Å². The third-order valence-corrected chi connectivity index (χ3v) is 3.33. The largest absolute Gasteiger partial charge is 0.300 e. The van der Waals surface area contributed by atoms with Gasteiger partial charge in [0, 0.05) is 28.7 Å². The van der Waals surface area contributed by atoms with Gasteiger partial charge in [-0.1, -0.05) is 22.9 Å². The summed E-state index contributed by atoms with van der Waals surface area (Å²) in [5, 5.41) is 17.7. The number of aromatic amines is 1. The van der Waals surface area contributed by atoms with E-state index in [1.165, 1.54) is 12.1 Å². The number of rotatable bonds is 4. The number of H-pyrrole nitrogens is 1.